The number of hydrogen-bond donors (Lipinski definition) is 2. The van der Waals surface area contributed by atoms with Crippen LogP contribution in [0, 0.1) is 0 Å². The summed E-state index contributed by atoms with van der Waals surface area (Å²) < 4.78 is 9.87. The van der Waals surface area contributed by atoms with Gasteiger partial charge in [-0.2, -0.15) is 0 Å². The summed E-state index contributed by atoms with van der Waals surface area (Å²) >= 11 is 0. The van der Waals surface area contributed by atoms with Crippen molar-refractivity contribution in [2.45, 2.75) is 25.7 Å². The minimum Gasteiger partial charge on any atom is -0.468 e. The lowest BCUT2D eigenvalue weighted by molar-refractivity contribution is -0.142. The second-order valence-corrected chi connectivity index (χ2v) is 3.44. The lowest BCUT2D eigenvalue weighted by Gasteiger charge is -2.06. The second-order valence-electron chi connectivity index (χ2n) is 3.44. The number of carbonyl (C=O) groups is 1. The molecule has 1 aliphatic rings. The molecule has 0 saturated carbocycles. The van der Waals surface area contributed by atoms with Gasteiger partial charge in [0.2, 0.25) is 0 Å². The highest BCUT2D eigenvalue weighted by atomic mass is 16.5. The summed E-state index contributed by atoms with van der Waals surface area (Å²) in [5.41, 5.74) is 7.36. The van der Waals surface area contributed by atoms with Gasteiger partial charge in [-0.25, -0.2) is 9.78 Å². The fourth-order valence-corrected chi connectivity index (χ4v) is 1.56. The zero-order valence-corrected chi connectivity index (χ0v) is 8.61. The molecule has 2 unspecified atom stereocenters. The van der Waals surface area contributed by atoms with Crippen molar-refractivity contribution >= 4 is 5.97 Å². The topological polar surface area (TPSA) is 90.2 Å². The van der Waals surface area contributed by atoms with Crippen molar-refractivity contribution in [3.63, 3.8) is 0 Å². The van der Waals surface area contributed by atoms with Crippen LogP contribution in [0.25, 0.3) is 0 Å². The number of ether oxygens (including phenoxy) is 2. The highest BCUT2D eigenvalue weighted by molar-refractivity contribution is 5.76. The molecule has 0 aliphatic carbocycles. The van der Waals surface area contributed by atoms with Crippen molar-refractivity contribution in [1.82, 2.24) is 9.97 Å². The number of nitrogens with zero attached hydrogens (tertiary/aromatic N) is 1. The number of hydrogen-bond acceptors (Lipinski definition) is 5. The van der Waals surface area contributed by atoms with Crippen LogP contribution in [-0.4, -0.2) is 23.0 Å². The van der Waals surface area contributed by atoms with Crippen molar-refractivity contribution in [3.05, 3.63) is 17.2 Å². The Morgan fingerprint density at radius 2 is 2.53 bits per heavy atom. The van der Waals surface area contributed by atoms with Gasteiger partial charge in [-0.1, -0.05) is 0 Å². The fraction of sp³-hybridized carbons (Fsp3) is 0.556. The molecule has 1 aromatic heterocycles. The monoisotopic (exact) mass is 211 g/mol. The van der Waals surface area contributed by atoms with Gasteiger partial charge in [-0.05, 0) is 6.92 Å². The van der Waals surface area contributed by atoms with Crippen molar-refractivity contribution in [2.24, 2.45) is 5.73 Å². The van der Waals surface area contributed by atoms with Gasteiger partial charge in [0.1, 0.15) is 5.82 Å². The number of imidazole rings is 1. The lowest BCUT2D eigenvalue weighted by atomic mass is 10.3. The largest absolute Gasteiger partial charge is 0.468 e. The van der Waals surface area contributed by atoms with Gasteiger partial charge in [0.05, 0.1) is 31.2 Å². The van der Waals surface area contributed by atoms with Crippen molar-refractivity contribution < 1.29 is 14.3 Å². The zero-order chi connectivity index (χ0) is 11.0. The zero-order valence-electron chi connectivity index (χ0n) is 8.61. The molecule has 0 spiro atoms. The molecule has 2 heterocycles. The maximum atomic E-state index is 11.2. The summed E-state index contributed by atoms with van der Waals surface area (Å²) in [7, 11) is 1.30. The Hall–Kier alpha value is -1.40. The second kappa shape index (κ2) is 3.63. The molecular formula is C9H13N3O3. The van der Waals surface area contributed by atoms with Crippen LogP contribution in [0.1, 0.15) is 36.3 Å². The molecule has 0 radical (unpaired) electrons. The molecule has 15 heavy (non-hydrogen) atoms. The number of nitrogens with two attached hydrogens (primary N) is 1. The first-order valence-electron chi connectivity index (χ1n) is 4.67. The minimum atomic E-state index is -0.854. The first kappa shape index (κ1) is 10.1. The summed E-state index contributed by atoms with van der Waals surface area (Å²) in [6.45, 7) is 2.39. The van der Waals surface area contributed by atoms with Gasteiger partial charge in [0.15, 0.2) is 6.04 Å². The van der Waals surface area contributed by atoms with Gasteiger partial charge in [-0.3, -0.25) is 0 Å². The van der Waals surface area contributed by atoms with Gasteiger partial charge >= 0.3 is 5.97 Å². The van der Waals surface area contributed by atoms with Gasteiger partial charge in [0, 0.05) is 0 Å². The van der Waals surface area contributed by atoms with E-state index in [-0.39, 0.29) is 6.10 Å². The van der Waals surface area contributed by atoms with E-state index < -0.39 is 12.0 Å². The van der Waals surface area contributed by atoms with E-state index in [1.165, 1.54) is 7.11 Å². The Morgan fingerprint density at radius 3 is 3.13 bits per heavy atom. The number of fused-ring (bicyclic) bond motifs is 1. The Bertz CT molecular complexity index is 388. The maximum absolute atomic E-state index is 11.2. The van der Waals surface area contributed by atoms with Crippen LogP contribution in [0.15, 0.2) is 0 Å². The van der Waals surface area contributed by atoms with Crippen molar-refractivity contribution in [3.8, 4) is 0 Å². The predicted molar refractivity (Wildman–Crippen MR) is 50.7 cm³/mol. The molecule has 2 atom stereocenters. The third kappa shape index (κ3) is 1.62. The number of nitrogens with one attached hydrogen (secondary N) is 1. The Labute approximate surface area is 86.8 Å². The number of rotatable bonds is 2. The van der Waals surface area contributed by atoms with Crippen LogP contribution in [0.3, 0.4) is 0 Å². The van der Waals surface area contributed by atoms with Crippen LogP contribution in [0.5, 0.6) is 0 Å². The van der Waals surface area contributed by atoms with Crippen LogP contribution >= 0.6 is 0 Å². The number of methoxy groups -OCH3 is 1. The Morgan fingerprint density at radius 1 is 1.80 bits per heavy atom. The third-order valence-corrected chi connectivity index (χ3v) is 2.44. The quantitative estimate of drug-likeness (QED) is 0.681. The molecule has 2 rings (SSSR count). The highest BCUT2D eigenvalue weighted by Gasteiger charge is 2.28. The van der Waals surface area contributed by atoms with E-state index >= 15 is 0 Å². The van der Waals surface area contributed by atoms with Gasteiger partial charge < -0.3 is 20.2 Å². The number of esters is 1. The third-order valence-electron chi connectivity index (χ3n) is 2.44. The molecule has 0 saturated heterocycles. The first-order valence-corrected chi connectivity index (χ1v) is 4.67. The molecule has 3 N–H and O–H groups in total. The van der Waals surface area contributed by atoms with E-state index in [0.29, 0.717) is 12.4 Å². The molecule has 6 nitrogen and oxygen atoms in total. The van der Waals surface area contributed by atoms with Crippen LogP contribution in [0.4, 0.5) is 0 Å². The van der Waals surface area contributed by atoms with E-state index in [1.54, 1.807) is 0 Å². The molecule has 0 aromatic carbocycles. The van der Waals surface area contributed by atoms with E-state index in [2.05, 4.69) is 14.7 Å². The number of aromatic nitrogens is 2. The van der Waals surface area contributed by atoms with E-state index in [0.717, 1.165) is 11.4 Å². The summed E-state index contributed by atoms with van der Waals surface area (Å²) in [4.78, 5) is 18.4. The average molecular weight is 211 g/mol. The Balaban J connectivity index is 2.24. The van der Waals surface area contributed by atoms with Crippen LogP contribution in [-0.2, 0) is 20.9 Å². The standard InChI is InChI=1S/C9H13N3O3/c1-4-7-5(3-15-4)11-8(12-7)6(10)9(13)14-2/h4,6H,3,10H2,1-2H3,(H,11,12). The summed E-state index contributed by atoms with van der Waals surface area (Å²) in [6, 6.07) is -0.854. The SMILES string of the molecule is COC(=O)C(N)c1nc2c([nH]1)COC2C. The van der Waals surface area contributed by atoms with E-state index in [1.807, 2.05) is 6.92 Å². The number of carbonyl (C=O) groups excluding carboxylic acids is 1. The summed E-state index contributed by atoms with van der Waals surface area (Å²) in [5, 5.41) is 0. The minimum absolute atomic E-state index is 0.0464. The van der Waals surface area contributed by atoms with Crippen LogP contribution in [0.2, 0.25) is 0 Å². The predicted octanol–water partition coefficient (Wildman–Crippen LogP) is 0.174. The normalized spacial score (nSPS) is 21.1. The molecule has 0 bridgehead atoms. The first-order chi connectivity index (χ1) is 7.13. The molecule has 0 amide bonds. The number of H-pyrrole nitrogens is 1. The van der Waals surface area contributed by atoms with Crippen LogP contribution < -0.4 is 5.73 Å². The fourth-order valence-electron chi connectivity index (χ4n) is 1.56. The van der Waals surface area contributed by atoms with Crippen molar-refractivity contribution in [1.29, 1.82) is 0 Å². The number of aromatic amines is 1. The van der Waals surface area contributed by atoms with E-state index in [9.17, 15) is 4.79 Å². The highest BCUT2D eigenvalue weighted by Crippen LogP contribution is 2.28. The lowest BCUT2D eigenvalue weighted by Crippen LogP contribution is -2.24. The average Bonchev–Trinajstić information content (AvgIpc) is 2.79. The smallest absolute Gasteiger partial charge is 0.330 e. The van der Waals surface area contributed by atoms with E-state index in [4.69, 9.17) is 10.5 Å². The summed E-state index contributed by atoms with van der Waals surface area (Å²) in [5.74, 6) is -0.0713. The molecule has 0 fully saturated rings. The van der Waals surface area contributed by atoms with Gasteiger partial charge in [-0.15, -0.1) is 0 Å². The Kier molecular flexibility index (Phi) is 2.45. The summed E-state index contributed by atoms with van der Waals surface area (Å²) in [6.07, 6.45) is -0.0464. The molecule has 1 aromatic rings. The van der Waals surface area contributed by atoms with Gasteiger partial charge in [0.25, 0.3) is 0 Å². The maximum Gasteiger partial charge on any atom is 0.330 e. The molecular weight excluding hydrogens is 198 g/mol. The van der Waals surface area contributed by atoms with Crippen molar-refractivity contribution in [2.75, 3.05) is 7.11 Å². The molecule has 1 aliphatic heterocycles. The molecule has 82 valence electrons. The molecule has 6 heteroatoms.